The lowest BCUT2D eigenvalue weighted by atomic mass is 9.94. The number of pyridine rings is 1. The Bertz CT molecular complexity index is 537. The highest BCUT2D eigenvalue weighted by atomic mass is 32.1. The van der Waals surface area contributed by atoms with E-state index in [1.165, 1.54) is 36.9 Å². The fourth-order valence-corrected chi connectivity index (χ4v) is 3.31. The zero-order chi connectivity index (χ0) is 14.3. The molecule has 3 rings (SSSR count). The quantitative estimate of drug-likeness (QED) is 0.866. The van der Waals surface area contributed by atoms with Gasteiger partial charge in [-0.2, -0.15) is 0 Å². The SMILES string of the molecule is CC(C1CC1)N(C)c1nc2c(cc1C(N)=S)CCCC2. The van der Waals surface area contributed by atoms with Gasteiger partial charge in [-0.15, -0.1) is 0 Å². The summed E-state index contributed by atoms with van der Waals surface area (Å²) in [5, 5.41) is 0. The first-order valence-electron chi connectivity index (χ1n) is 7.63. The molecule has 0 amide bonds. The van der Waals surface area contributed by atoms with E-state index in [1.807, 2.05) is 0 Å². The van der Waals surface area contributed by atoms with E-state index < -0.39 is 0 Å². The fourth-order valence-electron chi connectivity index (χ4n) is 3.16. The average molecular weight is 289 g/mol. The number of nitrogens with two attached hydrogens (primary N) is 1. The van der Waals surface area contributed by atoms with Crippen molar-refractivity contribution in [2.24, 2.45) is 11.7 Å². The molecule has 1 fully saturated rings. The molecule has 0 saturated heterocycles. The highest BCUT2D eigenvalue weighted by molar-refractivity contribution is 7.80. The predicted octanol–water partition coefficient (Wildman–Crippen LogP) is 2.83. The van der Waals surface area contributed by atoms with Crippen LogP contribution in [0.4, 0.5) is 5.82 Å². The predicted molar refractivity (Wildman–Crippen MR) is 87.4 cm³/mol. The van der Waals surface area contributed by atoms with Crippen molar-refractivity contribution in [3.63, 3.8) is 0 Å². The van der Waals surface area contributed by atoms with Crippen molar-refractivity contribution in [2.45, 2.75) is 51.5 Å². The Kier molecular flexibility index (Phi) is 3.67. The molecule has 2 aliphatic rings. The molecule has 1 aromatic heterocycles. The van der Waals surface area contributed by atoms with E-state index >= 15 is 0 Å². The Hall–Kier alpha value is -1.16. The summed E-state index contributed by atoms with van der Waals surface area (Å²) in [5.41, 5.74) is 9.49. The van der Waals surface area contributed by atoms with Gasteiger partial charge in [-0.1, -0.05) is 12.2 Å². The Morgan fingerprint density at radius 3 is 2.75 bits per heavy atom. The van der Waals surface area contributed by atoms with Gasteiger partial charge in [0.25, 0.3) is 0 Å². The minimum atomic E-state index is 0.468. The maximum absolute atomic E-state index is 5.94. The van der Waals surface area contributed by atoms with Crippen LogP contribution < -0.4 is 10.6 Å². The van der Waals surface area contributed by atoms with E-state index in [-0.39, 0.29) is 0 Å². The molecule has 2 aliphatic carbocycles. The van der Waals surface area contributed by atoms with E-state index in [9.17, 15) is 0 Å². The van der Waals surface area contributed by atoms with Gasteiger partial charge in [-0.05, 0) is 63.0 Å². The highest BCUT2D eigenvalue weighted by Gasteiger charge is 2.32. The van der Waals surface area contributed by atoms with Crippen LogP contribution in [0.2, 0.25) is 0 Å². The monoisotopic (exact) mass is 289 g/mol. The molecule has 0 radical (unpaired) electrons. The van der Waals surface area contributed by atoms with Gasteiger partial charge in [-0.3, -0.25) is 0 Å². The summed E-state index contributed by atoms with van der Waals surface area (Å²) in [4.78, 5) is 7.67. The molecule has 3 nitrogen and oxygen atoms in total. The van der Waals surface area contributed by atoms with Crippen LogP contribution in [0.1, 0.15) is 49.4 Å². The molecule has 0 aromatic carbocycles. The molecule has 1 heterocycles. The summed E-state index contributed by atoms with van der Waals surface area (Å²) < 4.78 is 0. The zero-order valence-corrected chi connectivity index (χ0v) is 13.2. The third-order valence-corrected chi connectivity index (χ3v) is 5.02. The lowest BCUT2D eigenvalue weighted by molar-refractivity contribution is 0.598. The van der Waals surface area contributed by atoms with Gasteiger partial charge in [0.1, 0.15) is 10.8 Å². The van der Waals surface area contributed by atoms with Crippen molar-refractivity contribution in [3.05, 3.63) is 22.9 Å². The summed E-state index contributed by atoms with van der Waals surface area (Å²) >= 11 is 5.25. The third kappa shape index (κ3) is 2.53. The molecule has 1 unspecified atom stereocenters. The van der Waals surface area contributed by atoms with Crippen LogP contribution in [-0.2, 0) is 12.8 Å². The van der Waals surface area contributed by atoms with Crippen molar-refractivity contribution in [1.82, 2.24) is 4.98 Å². The summed E-state index contributed by atoms with van der Waals surface area (Å²) in [6.07, 6.45) is 7.36. The molecule has 0 aliphatic heterocycles. The molecule has 108 valence electrons. The van der Waals surface area contributed by atoms with Crippen LogP contribution in [0.5, 0.6) is 0 Å². The van der Waals surface area contributed by atoms with Crippen molar-refractivity contribution in [3.8, 4) is 0 Å². The number of fused-ring (bicyclic) bond motifs is 1. The Labute approximate surface area is 126 Å². The van der Waals surface area contributed by atoms with Crippen molar-refractivity contribution >= 4 is 23.0 Å². The summed E-state index contributed by atoms with van der Waals surface area (Å²) in [7, 11) is 2.13. The van der Waals surface area contributed by atoms with Gasteiger partial charge in [-0.25, -0.2) is 4.98 Å². The van der Waals surface area contributed by atoms with Gasteiger partial charge < -0.3 is 10.6 Å². The molecule has 1 saturated carbocycles. The maximum Gasteiger partial charge on any atom is 0.139 e. The molecule has 1 aromatic rings. The molecule has 4 heteroatoms. The zero-order valence-electron chi connectivity index (χ0n) is 12.4. The van der Waals surface area contributed by atoms with Gasteiger partial charge in [0, 0.05) is 18.8 Å². The third-order valence-electron chi connectivity index (χ3n) is 4.80. The van der Waals surface area contributed by atoms with E-state index in [0.717, 1.165) is 30.1 Å². The van der Waals surface area contributed by atoms with Crippen molar-refractivity contribution < 1.29 is 0 Å². The van der Waals surface area contributed by atoms with Crippen LogP contribution in [-0.4, -0.2) is 23.1 Å². The molecule has 1 atom stereocenters. The number of aromatic nitrogens is 1. The number of hydrogen-bond acceptors (Lipinski definition) is 3. The second-order valence-electron chi connectivity index (χ2n) is 6.23. The first-order chi connectivity index (χ1) is 9.58. The van der Waals surface area contributed by atoms with E-state index in [0.29, 0.717) is 11.0 Å². The first-order valence-corrected chi connectivity index (χ1v) is 8.04. The second kappa shape index (κ2) is 5.32. The largest absolute Gasteiger partial charge is 0.389 e. The van der Waals surface area contributed by atoms with Crippen LogP contribution in [0, 0.1) is 5.92 Å². The van der Waals surface area contributed by atoms with Gasteiger partial charge in [0.15, 0.2) is 0 Å². The lowest BCUT2D eigenvalue weighted by Gasteiger charge is -2.29. The molecular weight excluding hydrogens is 266 g/mol. The summed E-state index contributed by atoms with van der Waals surface area (Å²) in [5.74, 6) is 1.79. The van der Waals surface area contributed by atoms with E-state index in [1.54, 1.807) is 0 Å². The van der Waals surface area contributed by atoms with Crippen LogP contribution >= 0.6 is 12.2 Å². The highest BCUT2D eigenvalue weighted by Crippen LogP contribution is 2.37. The van der Waals surface area contributed by atoms with Crippen LogP contribution in [0.3, 0.4) is 0 Å². The minimum absolute atomic E-state index is 0.468. The van der Waals surface area contributed by atoms with Crippen molar-refractivity contribution in [1.29, 1.82) is 0 Å². The number of aryl methyl sites for hydroxylation is 2. The summed E-state index contributed by atoms with van der Waals surface area (Å²) in [6, 6.07) is 2.70. The van der Waals surface area contributed by atoms with Gasteiger partial charge in [0.05, 0.1) is 5.56 Å². The van der Waals surface area contributed by atoms with Gasteiger partial charge >= 0.3 is 0 Å². The molecule has 20 heavy (non-hydrogen) atoms. The normalized spacial score (nSPS) is 19.3. The lowest BCUT2D eigenvalue weighted by Crippen LogP contribution is -2.34. The summed E-state index contributed by atoms with van der Waals surface area (Å²) in [6.45, 7) is 2.28. The minimum Gasteiger partial charge on any atom is -0.389 e. The smallest absolute Gasteiger partial charge is 0.139 e. The molecular formula is C16H23N3S. The number of thiocarbonyl (C=S) groups is 1. The molecule has 2 N–H and O–H groups in total. The second-order valence-corrected chi connectivity index (χ2v) is 6.67. The number of nitrogens with zero attached hydrogens (tertiary/aromatic N) is 2. The van der Waals surface area contributed by atoms with E-state index in [4.69, 9.17) is 22.9 Å². The number of hydrogen-bond donors (Lipinski definition) is 1. The standard InChI is InChI=1S/C16H23N3S/c1-10(11-7-8-11)19(2)16-13(15(17)20)9-12-5-3-4-6-14(12)18-16/h9-11H,3-8H2,1-2H3,(H2,17,20). The van der Waals surface area contributed by atoms with Crippen molar-refractivity contribution in [2.75, 3.05) is 11.9 Å². The molecule has 0 bridgehead atoms. The first kappa shape index (κ1) is 13.8. The van der Waals surface area contributed by atoms with Crippen LogP contribution in [0.15, 0.2) is 6.07 Å². The average Bonchev–Trinajstić information content (AvgIpc) is 3.28. The Morgan fingerprint density at radius 2 is 2.10 bits per heavy atom. The number of anilines is 1. The number of rotatable bonds is 4. The Balaban J connectivity index is 2.00. The maximum atomic E-state index is 5.94. The Morgan fingerprint density at radius 1 is 1.40 bits per heavy atom. The van der Waals surface area contributed by atoms with Crippen LogP contribution in [0.25, 0.3) is 0 Å². The van der Waals surface area contributed by atoms with E-state index in [2.05, 4.69) is 24.9 Å². The molecule has 0 spiro atoms. The topological polar surface area (TPSA) is 42.2 Å². The fraction of sp³-hybridized carbons (Fsp3) is 0.625. The van der Waals surface area contributed by atoms with Gasteiger partial charge in [0.2, 0.25) is 0 Å².